The summed E-state index contributed by atoms with van der Waals surface area (Å²) in [7, 11) is 0. The number of benzene rings is 1. The molecule has 0 spiro atoms. The zero-order valence-corrected chi connectivity index (χ0v) is 18.1. The summed E-state index contributed by atoms with van der Waals surface area (Å²) in [5.41, 5.74) is 1.28. The lowest BCUT2D eigenvalue weighted by Gasteiger charge is -2.32. The molecule has 2 amide bonds. The number of nitrogens with zero attached hydrogens (tertiary/aromatic N) is 1. The number of aryl methyl sites for hydroxylation is 1. The van der Waals surface area contributed by atoms with Gasteiger partial charge >= 0.3 is 5.97 Å². The van der Waals surface area contributed by atoms with Gasteiger partial charge in [-0.25, -0.2) is 0 Å². The van der Waals surface area contributed by atoms with E-state index in [2.05, 4.69) is 5.32 Å². The number of β-amino-alcohol motifs (C(OH)–C–C–N with tert-alkyl or cyclic N) is 1. The fourth-order valence-corrected chi connectivity index (χ4v) is 4.80. The number of rotatable bonds is 6. The Balaban J connectivity index is 1.96. The van der Waals surface area contributed by atoms with E-state index in [0.29, 0.717) is 10.7 Å². The fraction of sp³-hybridized carbons (Fsp3) is 0.500. The molecule has 1 aliphatic heterocycles. The number of esters is 1. The van der Waals surface area contributed by atoms with Gasteiger partial charge in [0, 0.05) is 12.5 Å². The Hall–Kier alpha value is -2.38. The van der Waals surface area contributed by atoms with E-state index in [1.54, 1.807) is 19.1 Å². The predicted octanol–water partition coefficient (Wildman–Crippen LogP) is 2.41. The van der Waals surface area contributed by atoms with Crippen molar-refractivity contribution in [3.8, 4) is 0 Å². The average molecular weight is 435 g/mol. The Kier molecular flexibility index (Phi) is 6.83. The van der Waals surface area contributed by atoms with Crippen LogP contribution in [0.3, 0.4) is 0 Å². The van der Waals surface area contributed by atoms with E-state index in [1.165, 1.54) is 4.90 Å². The zero-order chi connectivity index (χ0) is 22.0. The molecular weight excluding hydrogens is 408 g/mol. The monoisotopic (exact) mass is 434 g/mol. The second-order valence-electron chi connectivity index (χ2n) is 7.75. The topological polar surface area (TPSA) is 95.9 Å². The maximum Gasteiger partial charge on any atom is 0.310 e. The van der Waals surface area contributed by atoms with Crippen molar-refractivity contribution in [1.29, 1.82) is 0 Å². The molecule has 3 rings (SSSR count). The van der Waals surface area contributed by atoms with Gasteiger partial charge < -0.3 is 20.1 Å². The highest BCUT2D eigenvalue weighted by molar-refractivity contribution is 6.34. The molecule has 2 N–H and O–H groups in total. The molecule has 0 aromatic heterocycles. The molecule has 0 unspecified atom stereocenters. The molecule has 0 radical (unpaired) electrons. The Bertz CT molecular complexity index is 851. The number of hydrogen-bond acceptors (Lipinski definition) is 5. The number of carbonyl (C=O) groups excluding carboxylic acids is 3. The third kappa shape index (κ3) is 3.96. The highest BCUT2D eigenvalue weighted by Crippen LogP contribution is 2.44. The van der Waals surface area contributed by atoms with E-state index < -0.39 is 35.7 Å². The molecule has 1 aromatic rings. The Morgan fingerprint density at radius 2 is 2.03 bits per heavy atom. The van der Waals surface area contributed by atoms with Gasteiger partial charge in [-0.2, -0.15) is 0 Å². The van der Waals surface area contributed by atoms with Crippen molar-refractivity contribution < 1.29 is 24.2 Å². The lowest BCUT2D eigenvalue weighted by atomic mass is 9.70. The van der Waals surface area contributed by atoms with E-state index in [1.807, 2.05) is 32.1 Å². The zero-order valence-electron chi connectivity index (χ0n) is 17.3. The number of aliphatic hydroxyl groups excluding tert-OH is 1. The number of para-hydroxylation sites is 1. The van der Waals surface area contributed by atoms with Gasteiger partial charge in [-0.3, -0.25) is 14.4 Å². The van der Waals surface area contributed by atoms with Crippen molar-refractivity contribution >= 4 is 35.1 Å². The van der Waals surface area contributed by atoms with Gasteiger partial charge in [0.15, 0.2) is 0 Å². The van der Waals surface area contributed by atoms with Crippen LogP contribution in [0.2, 0.25) is 5.02 Å². The van der Waals surface area contributed by atoms with Crippen LogP contribution >= 0.6 is 11.6 Å². The number of allylic oxidation sites excluding steroid dienone is 1. The summed E-state index contributed by atoms with van der Waals surface area (Å²) in [6.45, 7) is 5.34. The van der Waals surface area contributed by atoms with Crippen molar-refractivity contribution in [1.82, 2.24) is 4.90 Å². The van der Waals surface area contributed by atoms with E-state index >= 15 is 0 Å². The number of amides is 2. The summed E-state index contributed by atoms with van der Waals surface area (Å²) in [5, 5.41) is 12.8. The van der Waals surface area contributed by atoms with Gasteiger partial charge in [0.05, 0.1) is 35.8 Å². The van der Waals surface area contributed by atoms with Crippen LogP contribution in [0.25, 0.3) is 0 Å². The number of anilines is 1. The normalized spacial score (nSPS) is 27.7. The predicted molar refractivity (Wildman–Crippen MR) is 113 cm³/mol. The van der Waals surface area contributed by atoms with Gasteiger partial charge in [-0.15, -0.1) is 0 Å². The molecule has 162 valence electrons. The molecule has 1 saturated heterocycles. The van der Waals surface area contributed by atoms with Gasteiger partial charge in [0.2, 0.25) is 11.8 Å². The quantitative estimate of drug-likeness (QED) is 0.529. The Morgan fingerprint density at radius 1 is 1.30 bits per heavy atom. The average Bonchev–Trinajstić information content (AvgIpc) is 2.97. The number of fused-ring (bicyclic) bond motifs is 1. The van der Waals surface area contributed by atoms with Gasteiger partial charge in [-0.05, 0) is 31.4 Å². The molecule has 1 fully saturated rings. The maximum absolute atomic E-state index is 13.3. The first-order chi connectivity index (χ1) is 14.3. The van der Waals surface area contributed by atoms with Crippen LogP contribution in [0, 0.1) is 30.6 Å². The molecule has 2 aliphatic rings. The van der Waals surface area contributed by atoms with E-state index in [9.17, 15) is 19.5 Å². The Labute approximate surface area is 181 Å². The summed E-state index contributed by atoms with van der Waals surface area (Å²) in [6, 6.07) is 4.44. The number of nitrogens with one attached hydrogen (secondary N) is 1. The first kappa shape index (κ1) is 22.3. The number of hydrogen-bond donors (Lipinski definition) is 2. The van der Waals surface area contributed by atoms with Gasteiger partial charge in [-0.1, -0.05) is 42.8 Å². The van der Waals surface area contributed by atoms with Crippen molar-refractivity contribution in [2.24, 2.45) is 23.7 Å². The molecule has 0 saturated carbocycles. The molecule has 30 heavy (non-hydrogen) atoms. The van der Waals surface area contributed by atoms with Crippen LogP contribution in [-0.2, 0) is 19.1 Å². The van der Waals surface area contributed by atoms with Crippen molar-refractivity contribution in [2.75, 3.05) is 25.1 Å². The molecule has 7 nitrogen and oxygen atoms in total. The minimum absolute atomic E-state index is 0.00316. The van der Waals surface area contributed by atoms with Crippen LogP contribution in [0.4, 0.5) is 5.69 Å². The molecule has 1 heterocycles. The van der Waals surface area contributed by atoms with Gasteiger partial charge in [0.1, 0.15) is 6.04 Å². The third-order valence-electron chi connectivity index (χ3n) is 5.91. The second-order valence-corrected chi connectivity index (χ2v) is 8.15. The smallest absolute Gasteiger partial charge is 0.310 e. The van der Waals surface area contributed by atoms with Crippen molar-refractivity contribution in [3.05, 3.63) is 40.9 Å². The van der Waals surface area contributed by atoms with Crippen molar-refractivity contribution in [3.63, 3.8) is 0 Å². The van der Waals surface area contributed by atoms with Crippen LogP contribution in [0.1, 0.15) is 19.4 Å². The third-order valence-corrected chi connectivity index (χ3v) is 6.23. The van der Waals surface area contributed by atoms with Crippen molar-refractivity contribution in [2.45, 2.75) is 26.8 Å². The SMILES string of the molecule is CCOC(=O)[C@H]1[C@H]2C(=O)N(CCO)[C@H](C(=O)Nc3c(C)cccc3Cl)[C@H]2C=C[C@H]1C. The number of aliphatic hydroxyl groups is 1. The van der Waals surface area contributed by atoms with E-state index in [4.69, 9.17) is 16.3 Å². The van der Waals surface area contributed by atoms with Crippen LogP contribution in [-0.4, -0.2) is 53.6 Å². The summed E-state index contributed by atoms with van der Waals surface area (Å²) in [6.07, 6.45) is 3.70. The number of halogens is 1. The summed E-state index contributed by atoms with van der Waals surface area (Å²) >= 11 is 6.25. The fourth-order valence-electron chi connectivity index (χ4n) is 4.53. The highest BCUT2D eigenvalue weighted by Gasteiger charge is 2.57. The summed E-state index contributed by atoms with van der Waals surface area (Å²) < 4.78 is 5.22. The Morgan fingerprint density at radius 3 is 2.67 bits per heavy atom. The molecule has 0 bridgehead atoms. The number of likely N-dealkylation sites (tertiary alicyclic amines) is 1. The summed E-state index contributed by atoms with van der Waals surface area (Å²) in [4.78, 5) is 40.5. The molecule has 1 aromatic carbocycles. The largest absolute Gasteiger partial charge is 0.466 e. The standard InChI is InChI=1S/C22H27ClN2O5/c1-4-30-22(29)16-12(2)8-9-14-17(16)21(28)25(10-11-26)19(14)20(27)24-18-13(3)6-5-7-15(18)23/h5-9,12,14,16-17,19,26H,4,10-11H2,1-3H3,(H,24,27)/t12-,14+,16-,17+,19+/m1/s1. The van der Waals surface area contributed by atoms with E-state index in [0.717, 1.165) is 5.56 Å². The second kappa shape index (κ2) is 9.18. The molecule has 8 heteroatoms. The van der Waals surface area contributed by atoms with Crippen LogP contribution in [0.5, 0.6) is 0 Å². The van der Waals surface area contributed by atoms with Crippen LogP contribution < -0.4 is 5.32 Å². The first-order valence-corrected chi connectivity index (χ1v) is 10.5. The van der Waals surface area contributed by atoms with Crippen LogP contribution in [0.15, 0.2) is 30.4 Å². The number of ether oxygens (including phenoxy) is 1. The highest BCUT2D eigenvalue weighted by atomic mass is 35.5. The number of carbonyl (C=O) groups is 3. The molecule has 5 atom stereocenters. The summed E-state index contributed by atoms with van der Waals surface area (Å²) in [5.74, 6) is -3.24. The minimum Gasteiger partial charge on any atom is -0.466 e. The van der Waals surface area contributed by atoms with Gasteiger partial charge in [0.25, 0.3) is 0 Å². The van der Waals surface area contributed by atoms with E-state index in [-0.39, 0.29) is 31.6 Å². The lowest BCUT2D eigenvalue weighted by molar-refractivity contribution is -0.155. The molecular formula is C22H27ClN2O5. The molecule has 1 aliphatic carbocycles. The minimum atomic E-state index is -0.856. The first-order valence-electron chi connectivity index (χ1n) is 10.1. The lowest BCUT2D eigenvalue weighted by Crippen LogP contribution is -2.45. The maximum atomic E-state index is 13.3.